The second-order valence-electron chi connectivity index (χ2n) is 3.16. The molecule has 0 aliphatic rings. The molecule has 0 aromatic carbocycles. The van der Waals surface area contributed by atoms with Crippen molar-refractivity contribution in [3.05, 3.63) is 0 Å². The van der Waals surface area contributed by atoms with Crippen LogP contribution in [0.15, 0.2) is 0 Å². The van der Waals surface area contributed by atoms with Crippen molar-refractivity contribution in [3.8, 4) is 6.07 Å². The third-order valence-electron chi connectivity index (χ3n) is 1.80. The van der Waals surface area contributed by atoms with Gasteiger partial charge in [0.2, 0.25) is 0 Å². The van der Waals surface area contributed by atoms with Gasteiger partial charge in [-0.25, -0.2) is 0 Å². The summed E-state index contributed by atoms with van der Waals surface area (Å²) in [5.41, 5.74) is 5.28. The van der Waals surface area contributed by atoms with Crippen LogP contribution in [0.1, 0.15) is 20.3 Å². The molecule has 4 heteroatoms. The zero-order valence-electron chi connectivity index (χ0n) is 7.32. The number of carbonyl (C=O) groups is 1. The Morgan fingerprint density at radius 2 is 2.17 bits per heavy atom. The molecular weight excluding hydrogens is 156 g/mol. The maximum Gasteiger partial charge on any atom is 0.320 e. The van der Waals surface area contributed by atoms with Gasteiger partial charge in [0.1, 0.15) is 6.04 Å². The summed E-state index contributed by atoms with van der Waals surface area (Å²) in [5.74, 6) is -1.16. The summed E-state index contributed by atoms with van der Waals surface area (Å²) in [4.78, 5) is 10.3. The number of rotatable bonds is 4. The molecule has 1 unspecified atom stereocenters. The van der Waals surface area contributed by atoms with E-state index in [2.05, 4.69) is 0 Å². The van der Waals surface area contributed by atoms with Crippen LogP contribution in [0.3, 0.4) is 0 Å². The van der Waals surface area contributed by atoms with Crippen molar-refractivity contribution in [3.63, 3.8) is 0 Å². The fourth-order valence-electron chi connectivity index (χ4n) is 0.848. The van der Waals surface area contributed by atoms with Gasteiger partial charge in [0.25, 0.3) is 0 Å². The Balaban J connectivity index is 4.05. The minimum atomic E-state index is -1.05. The molecule has 0 amide bonds. The lowest BCUT2D eigenvalue weighted by molar-refractivity contribution is -0.138. The lowest BCUT2D eigenvalue weighted by Crippen LogP contribution is -2.33. The Kier molecular flexibility index (Phi) is 4.30. The van der Waals surface area contributed by atoms with E-state index < -0.39 is 12.0 Å². The van der Waals surface area contributed by atoms with Gasteiger partial charge >= 0.3 is 5.97 Å². The molecule has 0 aliphatic heterocycles. The van der Waals surface area contributed by atoms with Gasteiger partial charge in [-0.3, -0.25) is 4.79 Å². The summed E-state index contributed by atoms with van der Waals surface area (Å²) in [6.45, 7) is 3.75. The highest BCUT2D eigenvalue weighted by Gasteiger charge is 2.20. The zero-order valence-corrected chi connectivity index (χ0v) is 7.32. The Bertz CT molecular complexity index is 196. The average Bonchev–Trinajstić information content (AvgIpc) is 1.98. The molecule has 2 atom stereocenters. The fraction of sp³-hybridized carbons (Fsp3) is 0.750. The van der Waals surface area contributed by atoms with Crippen molar-refractivity contribution >= 4 is 5.97 Å². The third kappa shape index (κ3) is 3.35. The summed E-state index contributed by atoms with van der Waals surface area (Å²) < 4.78 is 0. The van der Waals surface area contributed by atoms with Gasteiger partial charge in [-0.05, 0) is 12.3 Å². The van der Waals surface area contributed by atoms with Crippen molar-refractivity contribution in [2.45, 2.75) is 26.3 Å². The van der Waals surface area contributed by atoms with Crippen molar-refractivity contribution in [1.82, 2.24) is 0 Å². The normalized spacial score (nSPS) is 15.2. The summed E-state index contributed by atoms with van der Waals surface area (Å²) in [5, 5.41) is 17.1. The first kappa shape index (κ1) is 10.9. The van der Waals surface area contributed by atoms with Crippen LogP contribution in [0.2, 0.25) is 0 Å². The first-order valence-corrected chi connectivity index (χ1v) is 3.87. The summed E-state index contributed by atoms with van der Waals surface area (Å²) in [7, 11) is 0. The van der Waals surface area contributed by atoms with Crippen LogP contribution in [0.5, 0.6) is 0 Å². The molecule has 0 aromatic heterocycles. The molecule has 0 saturated heterocycles. The van der Waals surface area contributed by atoms with E-state index in [9.17, 15) is 4.79 Å². The lowest BCUT2D eigenvalue weighted by Gasteiger charge is -2.14. The van der Waals surface area contributed by atoms with Crippen LogP contribution in [0.25, 0.3) is 0 Å². The molecular formula is C8H14N2O2. The average molecular weight is 170 g/mol. The van der Waals surface area contributed by atoms with E-state index >= 15 is 0 Å². The highest BCUT2D eigenvalue weighted by atomic mass is 16.4. The molecule has 4 nitrogen and oxygen atoms in total. The highest BCUT2D eigenvalue weighted by molar-refractivity contribution is 5.73. The maximum atomic E-state index is 10.3. The van der Waals surface area contributed by atoms with Crippen molar-refractivity contribution in [1.29, 1.82) is 5.26 Å². The van der Waals surface area contributed by atoms with Gasteiger partial charge in [0.15, 0.2) is 0 Å². The molecule has 12 heavy (non-hydrogen) atoms. The smallest absolute Gasteiger partial charge is 0.320 e. The summed E-state index contributed by atoms with van der Waals surface area (Å²) in [6.07, 6.45) is 0.226. The van der Waals surface area contributed by atoms with Gasteiger partial charge in [0.05, 0.1) is 12.0 Å². The second-order valence-corrected chi connectivity index (χ2v) is 3.16. The number of carboxylic acids is 1. The van der Waals surface area contributed by atoms with E-state index in [1.165, 1.54) is 0 Å². The van der Waals surface area contributed by atoms with Crippen molar-refractivity contribution < 1.29 is 9.90 Å². The molecule has 68 valence electrons. The van der Waals surface area contributed by atoms with Crippen molar-refractivity contribution in [2.24, 2.45) is 17.6 Å². The molecule has 0 spiro atoms. The van der Waals surface area contributed by atoms with Gasteiger partial charge in [-0.1, -0.05) is 13.8 Å². The molecule has 0 radical (unpaired) electrons. The number of carboxylic acid groups (broad SMARTS) is 1. The number of nitriles is 1. The maximum absolute atomic E-state index is 10.3. The number of hydrogen-bond donors (Lipinski definition) is 2. The molecule has 0 heterocycles. The van der Waals surface area contributed by atoms with Crippen molar-refractivity contribution in [2.75, 3.05) is 0 Å². The topological polar surface area (TPSA) is 87.1 Å². The van der Waals surface area contributed by atoms with Gasteiger partial charge < -0.3 is 10.8 Å². The minimum Gasteiger partial charge on any atom is -0.480 e. The van der Waals surface area contributed by atoms with Gasteiger partial charge in [-0.2, -0.15) is 5.26 Å². The highest BCUT2D eigenvalue weighted by Crippen LogP contribution is 2.15. The third-order valence-corrected chi connectivity index (χ3v) is 1.80. The largest absolute Gasteiger partial charge is 0.480 e. The van der Waals surface area contributed by atoms with Crippen LogP contribution < -0.4 is 5.73 Å². The van der Waals surface area contributed by atoms with E-state index in [1.807, 2.05) is 19.9 Å². The van der Waals surface area contributed by atoms with Crippen LogP contribution >= 0.6 is 0 Å². The van der Waals surface area contributed by atoms with Crippen LogP contribution in [0.4, 0.5) is 0 Å². The number of nitrogens with zero attached hydrogens (tertiary/aromatic N) is 1. The predicted octanol–water partition coefficient (Wildman–Crippen LogP) is 0.584. The predicted molar refractivity (Wildman–Crippen MR) is 44.2 cm³/mol. The Hall–Kier alpha value is -1.08. The molecule has 0 saturated carbocycles. The molecule has 0 aliphatic carbocycles. The van der Waals surface area contributed by atoms with E-state index in [-0.39, 0.29) is 18.3 Å². The van der Waals surface area contributed by atoms with Crippen LogP contribution in [-0.2, 0) is 4.79 Å². The molecule has 0 fully saturated rings. The number of nitrogens with two attached hydrogens (primary N) is 1. The van der Waals surface area contributed by atoms with E-state index in [0.717, 1.165) is 0 Å². The van der Waals surface area contributed by atoms with E-state index in [0.29, 0.717) is 0 Å². The number of aliphatic carboxylic acids is 1. The van der Waals surface area contributed by atoms with E-state index in [4.69, 9.17) is 16.1 Å². The van der Waals surface area contributed by atoms with Crippen LogP contribution in [-0.4, -0.2) is 17.1 Å². The van der Waals surface area contributed by atoms with Crippen LogP contribution in [0, 0.1) is 23.2 Å². The Labute approximate surface area is 72.0 Å². The minimum absolute atomic E-state index is 0.153. The first-order chi connectivity index (χ1) is 5.49. The molecule has 0 rings (SSSR count). The van der Waals surface area contributed by atoms with Gasteiger partial charge in [0, 0.05) is 0 Å². The zero-order chi connectivity index (χ0) is 9.72. The Morgan fingerprint density at radius 1 is 1.67 bits per heavy atom. The lowest BCUT2D eigenvalue weighted by atomic mass is 9.91. The standard InChI is InChI=1S/C8H14N2O2/c1-5(2)6(4-9)3-7(10)8(11)12/h5-7H,3,10H2,1-2H3,(H,11,12)/t6?,7-/m1/s1. The monoisotopic (exact) mass is 170 g/mol. The van der Waals surface area contributed by atoms with Gasteiger partial charge in [-0.15, -0.1) is 0 Å². The summed E-state index contributed by atoms with van der Waals surface area (Å²) >= 11 is 0. The first-order valence-electron chi connectivity index (χ1n) is 3.87. The molecule has 0 bridgehead atoms. The Morgan fingerprint density at radius 3 is 2.42 bits per heavy atom. The SMILES string of the molecule is CC(C)C(C#N)C[C@@H](N)C(=O)O. The second kappa shape index (κ2) is 4.73. The molecule has 0 aromatic rings. The number of hydrogen-bond acceptors (Lipinski definition) is 3. The summed E-state index contributed by atoms with van der Waals surface area (Å²) in [6, 6.07) is 1.12. The fourth-order valence-corrected chi connectivity index (χ4v) is 0.848. The molecule has 3 N–H and O–H groups in total. The quantitative estimate of drug-likeness (QED) is 0.646. The van der Waals surface area contributed by atoms with E-state index in [1.54, 1.807) is 0 Å².